The van der Waals surface area contributed by atoms with Gasteiger partial charge < -0.3 is 4.74 Å². The highest BCUT2D eigenvalue weighted by atomic mass is 19.4. The second-order valence-electron chi connectivity index (χ2n) is 5.56. The quantitative estimate of drug-likeness (QED) is 0.592. The van der Waals surface area contributed by atoms with Gasteiger partial charge in [0.05, 0.1) is 5.56 Å². The first-order valence-electron chi connectivity index (χ1n) is 7.78. The number of aromatic nitrogens is 1. The van der Waals surface area contributed by atoms with Crippen LogP contribution < -0.4 is 4.74 Å². The fourth-order valence-electron chi connectivity index (χ4n) is 2.44. The first-order chi connectivity index (χ1) is 12.5. The van der Waals surface area contributed by atoms with E-state index >= 15 is 0 Å². The summed E-state index contributed by atoms with van der Waals surface area (Å²) in [5.41, 5.74) is 1.42. The number of halogens is 3. The largest absolute Gasteiger partial charge is 0.473 e. The number of hydrogen-bond donors (Lipinski definition) is 0. The van der Waals surface area contributed by atoms with Crippen LogP contribution in [0.1, 0.15) is 16.7 Å². The molecule has 5 heteroatoms. The van der Waals surface area contributed by atoms with Gasteiger partial charge in [-0.25, -0.2) is 4.98 Å². The van der Waals surface area contributed by atoms with Crippen LogP contribution in [0.2, 0.25) is 0 Å². The molecule has 26 heavy (non-hydrogen) atoms. The van der Waals surface area contributed by atoms with Crippen LogP contribution in [0.25, 0.3) is 11.1 Å². The van der Waals surface area contributed by atoms with Crippen molar-refractivity contribution in [2.45, 2.75) is 12.8 Å². The van der Waals surface area contributed by atoms with Crippen LogP contribution in [0.3, 0.4) is 0 Å². The molecule has 130 valence electrons. The number of hydrogen-bond acceptors (Lipinski definition) is 2. The van der Waals surface area contributed by atoms with E-state index < -0.39 is 11.7 Å². The van der Waals surface area contributed by atoms with E-state index in [9.17, 15) is 13.2 Å². The third-order valence-corrected chi connectivity index (χ3v) is 3.78. The lowest BCUT2D eigenvalue weighted by atomic mass is 9.98. The molecule has 0 amide bonds. The van der Waals surface area contributed by atoms with Crippen molar-refractivity contribution in [3.8, 4) is 29.4 Å². The number of ether oxygens (including phenoxy) is 1. The highest BCUT2D eigenvalue weighted by Crippen LogP contribution is 2.34. The van der Waals surface area contributed by atoms with Gasteiger partial charge in [0.1, 0.15) is 6.61 Å². The molecule has 3 aromatic rings. The van der Waals surface area contributed by atoms with E-state index in [-0.39, 0.29) is 0 Å². The van der Waals surface area contributed by atoms with E-state index in [2.05, 4.69) is 10.9 Å². The Kier molecular flexibility index (Phi) is 4.94. The molecule has 0 aliphatic rings. The van der Waals surface area contributed by atoms with Crippen molar-refractivity contribution >= 4 is 0 Å². The van der Waals surface area contributed by atoms with Crippen molar-refractivity contribution in [2.24, 2.45) is 0 Å². The van der Waals surface area contributed by atoms with Crippen molar-refractivity contribution < 1.29 is 17.9 Å². The van der Waals surface area contributed by atoms with Crippen LogP contribution in [0, 0.1) is 12.3 Å². The van der Waals surface area contributed by atoms with E-state index in [4.69, 9.17) is 11.2 Å². The molecular formula is C21H14F3NO. The van der Waals surface area contributed by atoms with E-state index in [0.29, 0.717) is 29.2 Å². The lowest BCUT2D eigenvalue weighted by molar-refractivity contribution is -0.137. The number of pyridine rings is 1. The summed E-state index contributed by atoms with van der Waals surface area (Å²) in [5, 5.41) is 0. The average Bonchev–Trinajstić information content (AvgIpc) is 2.66. The number of rotatable bonds is 4. The Morgan fingerprint density at radius 1 is 1.00 bits per heavy atom. The van der Waals surface area contributed by atoms with Gasteiger partial charge in [0.2, 0.25) is 5.88 Å². The zero-order valence-electron chi connectivity index (χ0n) is 13.6. The molecule has 0 unspecified atom stereocenters. The van der Waals surface area contributed by atoms with Crippen LogP contribution >= 0.6 is 0 Å². The summed E-state index contributed by atoms with van der Waals surface area (Å²) in [4.78, 5) is 4.17. The zero-order valence-corrected chi connectivity index (χ0v) is 13.6. The predicted molar refractivity (Wildman–Crippen MR) is 93.4 cm³/mol. The van der Waals surface area contributed by atoms with Gasteiger partial charge in [0.15, 0.2) is 0 Å². The molecule has 2 nitrogen and oxygen atoms in total. The maximum Gasteiger partial charge on any atom is 0.416 e. The molecule has 0 fully saturated rings. The Balaban J connectivity index is 1.83. The molecule has 0 aliphatic carbocycles. The van der Waals surface area contributed by atoms with Gasteiger partial charge >= 0.3 is 6.18 Å². The van der Waals surface area contributed by atoms with Gasteiger partial charge in [-0.1, -0.05) is 36.3 Å². The first kappa shape index (κ1) is 17.6. The highest BCUT2D eigenvalue weighted by Gasteiger charge is 2.31. The minimum atomic E-state index is -4.44. The molecule has 2 aromatic carbocycles. The smallest absolute Gasteiger partial charge is 0.416 e. The average molecular weight is 353 g/mol. The molecule has 0 spiro atoms. The third-order valence-electron chi connectivity index (χ3n) is 3.78. The first-order valence-corrected chi connectivity index (χ1v) is 7.78. The molecule has 0 aliphatic heterocycles. The highest BCUT2D eigenvalue weighted by molar-refractivity contribution is 5.71. The van der Waals surface area contributed by atoms with Gasteiger partial charge in [-0.2, -0.15) is 13.2 Å². The third kappa shape index (κ3) is 4.04. The lowest BCUT2D eigenvalue weighted by Gasteiger charge is -2.11. The van der Waals surface area contributed by atoms with Crippen LogP contribution in [0.4, 0.5) is 13.2 Å². The lowest BCUT2D eigenvalue weighted by Crippen LogP contribution is -2.05. The Morgan fingerprint density at radius 2 is 1.77 bits per heavy atom. The summed E-state index contributed by atoms with van der Waals surface area (Å²) >= 11 is 0. The number of alkyl halides is 3. The normalized spacial score (nSPS) is 11.0. The molecular weight excluding hydrogens is 339 g/mol. The minimum absolute atomic E-state index is 0.310. The van der Waals surface area contributed by atoms with Crippen molar-refractivity contribution in [2.75, 3.05) is 0 Å². The van der Waals surface area contributed by atoms with Crippen molar-refractivity contribution in [1.82, 2.24) is 4.98 Å². The molecule has 0 radical (unpaired) electrons. The van der Waals surface area contributed by atoms with Gasteiger partial charge in [-0.05, 0) is 35.4 Å². The zero-order chi connectivity index (χ0) is 18.6. The molecule has 0 atom stereocenters. The number of nitrogens with zero attached hydrogens (tertiary/aromatic N) is 1. The number of benzene rings is 2. The van der Waals surface area contributed by atoms with E-state index in [1.165, 1.54) is 12.3 Å². The van der Waals surface area contributed by atoms with Crippen molar-refractivity contribution in [3.05, 3.63) is 83.6 Å². The van der Waals surface area contributed by atoms with E-state index in [0.717, 1.165) is 17.7 Å². The fourth-order valence-corrected chi connectivity index (χ4v) is 2.44. The molecule has 1 heterocycles. The summed E-state index contributed by atoms with van der Waals surface area (Å²) < 4.78 is 44.5. The van der Waals surface area contributed by atoms with Crippen LogP contribution in [0.5, 0.6) is 5.88 Å². The van der Waals surface area contributed by atoms with Crippen LogP contribution in [-0.4, -0.2) is 4.98 Å². The van der Waals surface area contributed by atoms with Gasteiger partial charge in [0.25, 0.3) is 0 Å². The summed E-state index contributed by atoms with van der Waals surface area (Å²) in [6.45, 7) is 0.354. The molecule has 0 N–H and O–H groups in total. The van der Waals surface area contributed by atoms with E-state index in [1.807, 2.05) is 30.3 Å². The van der Waals surface area contributed by atoms with Crippen molar-refractivity contribution in [1.29, 1.82) is 0 Å². The summed E-state index contributed by atoms with van der Waals surface area (Å²) in [6.07, 6.45) is 2.43. The topological polar surface area (TPSA) is 22.1 Å². The standard InChI is InChI=1S/C21H14F3NO/c1-2-16-8-10-18(21(22,23)24)12-19(16)17-9-11-20(25-13-17)26-14-15-6-4-3-5-7-15/h1,3-13H,14H2. The van der Waals surface area contributed by atoms with Crippen LogP contribution in [-0.2, 0) is 12.8 Å². The second-order valence-corrected chi connectivity index (χ2v) is 5.56. The van der Waals surface area contributed by atoms with Gasteiger partial charge in [0, 0.05) is 23.4 Å². The molecule has 0 saturated heterocycles. The molecule has 0 bridgehead atoms. The Morgan fingerprint density at radius 3 is 2.38 bits per heavy atom. The summed E-state index contributed by atoms with van der Waals surface area (Å²) in [5.74, 6) is 2.79. The van der Waals surface area contributed by atoms with Crippen LogP contribution in [0.15, 0.2) is 66.9 Å². The maximum absolute atomic E-state index is 13.0. The number of terminal acetylenes is 1. The Labute approximate surface area is 149 Å². The SMILES string of the molecule is C#Cc1ccc(C(F)(F)F)cc1-c1ccc(OCc2ccccc2)nc1. The molecule has 1 aromatic heterocycles. The monoisotopic (exact) mass is 353 g/mol. The summed E-state index contributed by atoms with van der Waals surface area (Å²) in [7, 11) is 0. The van der Waals surface area contributed by atoms with Gasteiger partial charge in [-0.3, -0.25) is 0 Å². The Hall–Kier alpha value is -3.26. The second kappa shape index (κ2) is 7.32. The molecule has 0 saturated carbocycles. The summed E-state index contributed by atoms with van der Waals surface area (Å²) in [6, 6.07) is 16.1. The maximum atomic E-state index is 13.0. The van der Waals surface area contributed by atoms with Gasteiger partial charge in [-0.15, -0.1) is 6.42 Å². The predicted octanol–water partition coefficient (Wildman–Crippen LogP) is 5.33. The van der Waals surface area contributed by atoms with Crippen molar-refractivity contribution in [3.63, 3.8) is 0 Å². The molecule has 3 rings (SSSR count). The van der Waals surface area contributed by atoms with E-state index in [1.54, 1.807) is 12.1 Å². The Bertz CT molecular complexity index is 926. The minimum Gasteiger partial charge on any atom is -0.473 e. The fraction of sp³-hybridized carbons (Fsp3) is 0.0952.